The van der Waals surface area contributed by atoms with E-state index in [1.165, 1.54) is 12.5 Å². The molecule has 0 aliphatic rings. The van der Waals surface area contributed by atoms with Crippen molar-refractivity contribution in [3.05, 3.63) is 24.7 Å². The van der Waals surface area contributed by atoms with Crippen molar-refractivity contribution in [3.63, 3.8) is 0 Å². The molecule has 0 fully saturated rings. The van der Waals surface area contributed by atoms with Crippen molar-refractivity contribution in [1.82, 2.24) is 0 Å². The average molecular weight is 282 g/mol. The van der Waals surface area contributed by atoms with Crippen LogP contribution in [-0.2, 0) is 19.1 Å². The van der Waals surface area contributed by atoms with Crippen LogP contribution in [0.2, 0.25) is 0 Å². The third kappa shape index (κ3) is 12.9. The molecule has 0 heterocycles. The number of unbranched alkanes of at least 4 members (excludes halogenated alkanes) is 3. The van der Waals surface area contributed by atoms with Crippen LogP contribution in [0.1, 0.15) is 65.2 Å². The highest BCUT2D eigenvalue weighted by Gasteiger charge is 2.04. The molecule has 0 atom stereocenters. The summed E-state index contributed by atoms with van der Waals surface area (Å²) in [6, 6.07) is 0. The van der Waals surface area contributed by atoms with E-state index >= 15 is 0 Å². The van der Waals surface area contributed by atoms with Crippen LogP contribution < -0.4 is 0 Å². The molecule has 0 bridgehead atoms. The summed E-state index contributed by atoms with van der Waals surface area (Å²) in [4.78, 5) is 22.6. The zero-order valence-electron chi connectivity index (χ0n) is 12.6. The van der Waals surface area contributed by atoms with Gasteiger partial charge in [-0.05, 0) is 37.8 Å². The van der Waals surface area contributed by atoms with Crippen LogP contribution in [0.25, 0.3) is 0 Å². The second kappa shape index (κ2) is 13.8. The first-order chi connectivity index (χ1) is 9.70. The van der Waals surface area contributed by atoms with Crippen molar-refractivity contribution in [2.75, 3.05) is 0 Å². The van der Waals surface area contributed by atoms with Gasteiger partial charge in [0.05, 0.1) is 12.5 Å². The number of carbonyl (C=O) groups is 2. The van der Waals surface area contributed by atoms with Gasteiger partial charge in [0, 0.05) is 12.8 Å². The lowest BCUT2D eigenvalue weighted by Crippen LogP contribution is -2.02. The molecular weight excluding hydrogens is 256 g/mol. The number of ether oxygens (including phenoxy) is 2. The number of rotatable bonds is 11. The Labute approximate surface area is 121 Å². The minimum absolute atomic E-state index is 0.256. The predicted molar refractivity (Wildman–Crippen MR) is 78.7 cm³/mol. The van der Waals surface area contributed by atoms with E-state index in [9.17, 15) is 9.59 Å². The monoisotopic (exact) mass is 282 g/mol. The Balaban J connectivity index is 3.50. The maximum absolute atomic E-state index is 11.3. The third-order valence-electron chi connectivity index (χ3n) is 2.51. The van der Waals surface area contributed by atoms with Crippen molar-refractivity contribution in [1.29, 1.82) is 0 Å². The fraction of sp³-hybridized carbons (Fsp3) is 0.625. The van der Waals surface area contributed by atoms with Crippen LogP contribution in [-0.4, -0.2) is 11.9 Å². The number of allylic oxidation sites excluding steroid dienone is 2. The van der Waals surface area contributed by atoms with E-state index in [1.54, 1.807) is 0 Å². The van der Waals surface area contributed by atoms with Gasteiger partial charge in [-0.1, -0.05) is 26.7 Å². The predicted octanol–water partition coefficient (Wildman–Crippen LogP) is 4.26. The van der Waals surface area contributed by atoms with Gasteiger partial charge in [0.25, 0.3) is 0 Å². The van der Waals surface area contributed by atoms with Gasteiger partial charge >= 0.3 is 11.9 Å². The molecule has 4 heteroatoms. The fourth-order valence-corrected chi connectivity index (χ4v) is 1.37. The lowest BCUT2D eigenvalue weighted by molar-refractivity contribution is -0.140. The maximum atomic E-state index is 11.3. The Morgan fingerprint density at radius 3 is 1.55 bits per heavy atom. The highest BCUT2D eigenvalue weighted by molar-refractivity contribution is 5.71. The second-order valence-electron chi connectivity index (χ2n) is 4.51. The van der Waals surface area contributed by atoms with E-state index in [0.29, 0.717) is 25.7 Å². The van der Waals surface area contributed by atoms with Crippen molar-refractivity contribution in [2.45, 2.75) is 65.2 Å². The zero-order chi connectivity index (χ0) is 15.1. The van der Waals surface area contributed by atoms with Crippen LogP contribution in [0.3, 0.4) is 0 Å². The summed E-state index contributed by atoms with van der Waals surface area (Å²) in [5.41, 5.74) is 0. The number of carbonyl (C=O) groups excluding carboxylic acids is 2. The summed E-state index contributed by atoms with van der Waals surface area (Å²) >= 11 is 0. The lowest BCUT2D eigenvalue weighted by Gasteiger charge is -2.00. The molecule has 0 rings (SSSR count). The number of hydrogen-bond donors (Lipinski definition) is 0. The van der Waals surface area contributed by atoms with Crippen LogP contribution in [0.4, 0.5) is 0 Å². The van der Waals surface area contributed by atoms with Crippen LogP contribution in [0.5, 0.6) is 0 Å². The normalized spacial score (nSPS) is 11.1. The highest BCUT2D eigenvalue weighted by atomic mass is 16.5. The molecule has 0 saturated heterocycles. The van der Waals surface area contributed by atoms with Gasteiger partial charge in [-0.25, -0.2) is 0 Å². The Kier molecular flexibility index (Phi) is 12.7. The summed E-state index contributed by atoms with van der Waals surface area (Å²) < 4.78 is 9.79. The first kappa shape index (κ1) is 18.4. The van der Waals surface area contributed by atoms with E-state index < -0.39 is 0 Å². The molecule has 0 radical (unpaired) electrons. The molecule has 0 spiro atoms. The van der Waals surface area contributed by atoms with Crippen LogP contribution in [0.15, 0.2) is 24.7 Å². The minimum atomic E-state index is -0.256. The lowest BCUT2D eigenvalue weighted by atomic mass is 10.2. The molecule has 0 aliphatic carbocycles. The molecule has 0 amide bonds. The van der Waals surface area contributed by atoms with Gasteiger partial charge < -0.3 is 9.47 Å². The summed E-state index contributed by atoms with van der Waals surface area (Å²) in [5.74, 6) is -0.512. The Hall–Kier alpha value is -1.58. The van der Waals surface area contributed by atoms with E-state index in [2.05, 4.69) is 13.8 Å². The molecule has 20 heavy (non-hydrogen) atoms. The highest BCUT2D eigenvalue weighted by Crippen LogP contribution is 2.04. The van der Waals surface area contributed by atoms with E-state index in [-0.39, 0.29) is 11.9 Å². The molecule has 0 aromatic rings. The quantitative estimate of drug-likeness (QED) is 0.323. The molecule has 0 aliphatic heterocycles. The number of hydrogen-bond acceptors (Lipinski definition) is 4. The standard InChI is InChI=1S/C16H26O4/c1-3-5-9-13-19-15(17)11-7-8-12-16(18)20-14-10-6-4-2/h9-10,13-14H,3-8,11-12H2,1-2H3. The van der Waals surface area contributed by atoms with Crippen molar-refractivity contribution >= 4 is 11.9 Å². The minimum Gasteiger partial charge on any atom is -0.435 e. The van der Waals surface area contributed by atoms with Gasteiger partial charge in [-0.2, -0.15) is 0 Å². The smallest absolute Gasteiger partial charge is 0.310 e. The van der Waals surface area contributed by atoms with Crippen molar-refractivity contribution < 1.29 is 19.1 Å². The molecule has 0 unspecified atom stereocenters. The summed E-state index contributed by atoms with van der Waals surface area (Å²) in [7, 11) is 0. The summed E-state index contributed by atoms with van der Waals surface area (Å²) in [6.45, 7) is 4.12. The first-order valence-electron chi connectivity index (χ1n) is 7.39. The first-order valence-corrected chi connectivity index (χ1v) is 7.39. The maximum Gasteiger partial charge on any atom is 0.310 e. The largest absolute Gasteiger partial charge is 0.435 e. The Morgan fingerprint density at radius 1 is 0.800 bits per heavy atom. The molecule has 114 valence electrons. The van der Waals surface area contributed by atoms with E-state index in [0.717, 1.165) is 25.7 Å². The molecule has 0 N–H and O–H groups in total. The molecule has 0 aromatic heterocycles. The average Bonchev–Trinajstić information content (AvgIpc) is 2.44. The Morgan fingerprint density at radius 2 is 1.20 bits per heavy atom. The van der Waals surface area contributed by atoms with E-state index in [4.69, 9.17) is 9.47 Å². The summed E-state index contributed by atoms with van der Waals surface area (Å²) in [6.07, 6.45) is 12.3. The topological polar surface area (TPSA) is 52.6 Å². The second-order valence-corrected chi connectivity index (χ2v) is 4.51. The Bertz CT molecular complexity index is 286. The van der Waals surface area contributed by atoms with Crippen LogP contribution in [0, 0.1) is 0 Å². The zero-order valence-corrected chi connectivity index (χ0v) is 12.6. The molecule has 4 nitrogen and oxygen atoms in total. The van der Waals surface area contributed by atoms with Gasteiger partial charge in [-0.3, -0.25) is 9.59 Å². The number of esters is 2. The molecule has 0 aromatic carbocycles. The molecule has 0 saturated carbocycles. The molecular formula is C16H26O4. The van der Waals surface area contributed by atoms with Crippen LogP contribution >= 0.6 is 0 Å². The van der Waals surface area contributed by atoms with E-state index in [1.807, 2.05) is 12.2 Å². The fourth-order valence-electron chi connectivity index (χ4n) is 1.37. The van der Waals surface area contributed by atoms with Gasteiger partial charge in [0.15, 0.2) is 0 Å². The SMILES string of the molecule is CCCC=COC(=O)CCCCC(=O)OC=CCCC. The van der Waals surface area contributed by atoms with Crippen molar-refractivity contribution in [2.24, 2.45) is 0 Å². The van der Waals surface area contributed by atoms with Gasteiger partial charge in [0.2, 0.25) is 0 Å². The van der Waals surface area contributed by atoms with Gasteiger partial charge in [-0.15, -0.1) is 0 Å². The van der Waals surface area contributed by atoms with Crippen molar-refractivity contribution in [3.8, 4) is 0 Å². The summed E-state index contributed by atoms with van der Waals surface area (Å²) in [5, 5.41) is 0. The third-order valence-corrected chi connectivity index (χ3v) is 2.51. The van der Waals surface area contributed by atoms with Gasteiger partial charge in [0.1, 0.15) is 0 Å².